The molecule has 0 aliphatic carbocycles. The molecule has 1 amide bonds. The van der Waals surface area contributed by atoms with Crippen LogP contribution >= 0.6 is 0 Å². The van der Waals surface area contributed by atoms with Crippen LogP contribution in [0.1, 0.15) is 24.0 Å². The van der Waals surface area contributed by atoms with Crippen LogP contribution < -0.4 is 10.6 Å². The van der Waals surface area contributed by atoms with Crippen LogP contribution in [0.15, 0.2) is 36.5 Å². The van der Waals surface area contributed by atoms with Crippen LogP contribution in [0.25, 0.3) is 0 Å². The summed E-state index contributed by atoms with van der Waals surface area (Å²) in [7, 11) is 0. The molecule has 0 spiro atoms. The first-order chi connectivity index (χ1) is 11.1. The van der Waals surface area contributed by atoms with E-state index >= 15 is 0 Å². The Balaban J connectivity index is 1.65. The number of benzene rings is 1. The van der Waals surface area contributed by atoms with Crippen molar-refractivity contribution >= 4 is 23.1 Å². The van der Waals surface area contributed by atoms with E-state index in [1.807, 2.05) is 24.3 Å². The van der Waals surface area contributed by atoms with Gasteiger partial charge in [-0.25, -0.2) is 4.98 Å². The second-order valence-electron chi connectivity index (χ2n) is 5.80. The Hall–Kier alpha value is -2.40. The fourth-order valence-corrected chi connectivity index (χ4v) is 2.57. The maximum atomic E-state index is 12.0. The molecule has 1 atom stereocenters. The molecule has 2 N–H and O–H groups in total. The third kappa shape index (κ3) is 3.68. The number of nitrogens with zero attached hydrogens (tertiary/aromatic N) is 1. The van der Waals surface area contributed by atoms with Crippen molar-refractivity contribution in [1.29, 1.82) is 0 Å². The second kappa shape index (κ2) is 6.79. The van der Waals surface area contributed by atoms with Gasteiger partial charge < -0.3 is 15.4 Å². The molecule has 5 heteroatoms. The average Bonchev–Trinajstić information content (AvgIpc) is 3.08. The topological polar surface area (TPSA) is 63.2 Å². The first kappa shape index (κ1) is 15.5. The summed E-state index contributed by atoms with van der Waals surface area (Å²) < 4.78 is 5.37. The van der Waals surface area contributed by atoms with Gasteiger partial charge in [0.25, 0.3) is 5.91 Å². The lowest BCUT2D eigenvalue weighted by molar-refractivity contribution is -0.124. The van der Waals surface area contributed by atoms with Crippen molar-refractivity contribution in [1.82, 2.24) is 4.98 Å². The summed E-state index contributed by atoms with van der Waals surface area (Å²) in [5, 5.41) is 6.14. The molecule has 23 heavy (non-hydrogen) atoms. The highest BCUT2D eigenvalue weighted by Crippen LogP contribution is 2.22. The van der Waals surface area contributed by atoms with Gasteiger partial charge in [-0.3, -0.25) is 4.79 Å². The number of hydrogen-bond acceptors (Lipinski definition) is 4. The van der Waals surface area contributed by atoms with E-state index in [-0.39, 0.29) is 12.0 Å². The van der Waals surface area contributed by atoms with Crippen LogP contribution in [0.4, 0.5) is 17.2 Å². The highest BCUT2D eigenvalue weighted by molar-refractivity contribution is 5.94. The quantitative estimate of drug-likeness (QED) is 0.906. The normalized spacial score (nSPS) is 17.0. The molecular formula is C18H21N3O2. The molecule has 0 radical (unpaired) electrons. The van der Waals surface area contributed by atoms with Crippen LogP contribution in [-0.4, -0.2) is 23.6 Å². The lowest BCUT2D eigenvalue weighted by Crippen LogP contribution is -2.26. The summed E-state index contributed by atoms with van der Waals surface area (Å²) in [5.74, 6) is 0.647. The molecule has 1 aliphatic heterocycles. The lowest BCUT2D eigenvalue weighted by atomic mass is 10.1. The van der Waals surface area contributed by atoms with Gasteiger partial charge in [-0.05, 0) is 56.0 Å². The Morgan fingerprint density at radius 1 is 1.26 bits per heavy atom. The Bertz CT molecular complexity index is 692. The fraction of sp³-hybridized carbons (Fsp3) is 0.333. The third-order valence-electron chi connectivity index (χ3n) is 4.12. The van der Waals surface area contributed by atoms with Crippen LogP contribution in [0.2, 0.25) is 0 Å². The van der Waals surface area contributed by atoms with Gasteiger partial charge in [-0.1, -0.05) is 12.1 Å². The van der Waals surface area contributed by atoms with Crippen molar-refractivity contribution in [2.45, 2.75) is 32.8 Å². The van der Waals surface area contributed by atoms with Crippen LogP contribution in [0.5, 0.6) is 0 Å². The van der Waals surface area contributed by atoms with Crippen LogP contribution in [0, 0.1) is 13.8 Å². The van der Waals surface area contributed by atoms with Crippen LogP contribution in [-0.2, 0) is 9.53 Å². The Morgan fingerprint density at radius 2 is 2.13 bits per heavy atom. The number of rotatable bonds is 4. The monoisotopic (exact) mass is 311 g/mol. The van der Waals surface area contributed by atoms with Gasteiger partial charge in [0.05, 0.1) is 11.9 Å². The zero-order chi connectivity index (χ0) is 16.2. The molecule has 120 valence electrons. The van der Waals surface area contributed by atoms with Crippen molar-refractivity contribution in [3.8, 4) is 0 Å². The molecule has 3 rings (SSSR count). The Morgan fingerprint density at radius 3 is 2.83 bits per heavy atom. The van der Waals surface area contributed by atoms with Crippen molar-refractivity contribution in [2.75, 3.05) is 17.2 Å². The zero-order valence-corrected chi connectivity index (χ0v) is 13.4. The third-order valence-corrected chi connectivity index (χ3v) is 4.12. The van der Waals surface area contributed by atoms with E-state index in [0.717, 1.165) is 24.3 Å². The first-order valence-corrected chi connectivity index (χ1v) is 7.85. The Labute approximate surface area is 136 Å². The molecule has 2 heterocycles. The molecule has 1 unspecified atom stereocenters. The number of hydrogen-bond donors (Lipinski definition) is 2. The van der Waals surface area contributed by atoms with Gasteiger partial charge in [0.2, 0.25) is 0 Å². The van der Waals surface area contributed by atoms with Crippen LogP contribution in [0.3, 0.4) is 0 Å². The molecule has 1 aromatic carbocycles. The minimum atomic E-state index is -0.331. The smallest absolute Gasteiger partial charge is 0.253 e. The molecule has 1 fully saturated rings. The maximum absolute atomic E-state index is 12.0. The number of amides is 1. The molecule has 1 aromatic heterocycles. The number of carbonyl (C=O) groups excluding carboxylic acids is 1. The van der Waals surface area contributed by atoms with Gasteiger partial charge in [0, 0.05) is 12.3 Å². The van der Waals surface area contributed by atoms with Crippen molar-refractivity contribution in [2.24, 2.45) is 0 Å². The first-order valence-electron chi connectivity index (χ1n) is 7.85. The van der Waals surface area contributed by atoms with Gasteiger partial charge in [0.15, 0.2) is 0 Å². The standard InChI is InChI=1S/C18H21N3O2/c1-12-5-3-6-15(13(12)2)21-17-9-8-14(11-19-17)20-18(22)16-7-4-10-23-16/h3,5-6,8-9,11,16H,4,7,10H2,1-2H3,(H,19,21)(H,20,22). The summed E-state index contributed by atoms with van der Waals surface area (Å²) >= 11 is 0. The lowest BCUT2D eigenvalue weighted by Gasteiger charge is -2.12. The van der Waals surface area contributed by atoms with E-state index < -0.39 is 0 Å². The largest absolute Gasteiger partial charge is 0.368 e. The summed E-state index contributed by atoms with van der Waals surface area (Å²) in [4.78, 5) is 16.4. The van der Waals surface area contributed by atoms with E-state index in [0.29, 0.717) is 12.3 Å². The predicted molar refractivity (Wildman–Crippen MR) is 91.0 cm³/mol. The predicted octanol–water partition coefficient (Wildman–Crippen LogP) is 3.56. The fourth-order valence-electron chi connectivity index (χ4n) is 2.57. The second-order valence-corrected chi connectivity index (χ2v) is 5.80. The maximum Gasteiger partial charge on any atom is 0.253 e. The van der Waals surface area contributed by atoms with E-state index in [2.05, 4.69) is 35.5 Å². The number of ether oxygens (including phenoxy) is 1. The molecule has 1 aliphatic rings. The highest BCUT2D eigenvalue weighted by atomic mass is 16.5. The van der Waals surface area contributed by atoms with Gasteiger partial charge >= 0.3 is 0 Å². The van der Waals surface area contributed by atoms with E-state index in [1.54, 1.807) is 6.20 Å². The molecule has 5 nitrogen and oxygen atoms in total. The zero-order valence-electron chi connectivity index (χ0n) is 13.4. The van der Waals surface area contributed by atoms with Crippen molar-refractivity contribution in [3.05, 3.63) is 47.7 Å². The number of anilines is 3. The number of carbonyl (C=O) groups is 1. The summed E-state index contributed by atoms with van der Waals surface area (Å²) in [6, 6.07) is 9.82. The van der Waals surface area contributed by atoms with E-state index in [4.69, 9.17) is 4.74 Å². The molecule has 0 bridgehead atoms. The van der Waals surface area contributed by atoms with E-state index in [1.165, 1.54) is 11.1 Å². The average molecular weight is 311 g/mol. The number of pyridine rings is 1. The van der Waals surface area contributed by atoms with Gasteiger partial charge in [0.1, 0.15) is 11.9 Å². The van der Waals surface area contributed by atoms with Crippen molar-refractivity contribution in [3.63, 3.8) is 0 Å². The molecule has 2 aromatic rings. The van der Waals surface area contributed by atoms with Gasteiger partial charge in [-0.15, -0.1) is 0 Å². The number of aromatic nitrogens is 1. The number of nitrogens with one attached hydrogen (secondary N) is 2. The summed E-state index contributed by atoms with van der Waals surface area (Å²) in [5.41, 5.74) is 4.14. The van der Waals surface area contributed by atoms with Gasteiger partial charge in [-0.2, -0.15) is 0 Å². The minimum absolute atomic E-state index is 0.0977. The van der Waals surface area contributed by atoms with E-state index in [9.17, 15) is 4.79 Å². The number of aryl methyl sites for hydroxylation is 1. The highest BCUT2D eigenvalue weighted by Gasteiger charge is 2.23. The Kier molecular flexibility index (Phi) is 4.57. The molecular weight excluding hydrogens is 290 g/mol. The summed E-state index contributed by atoms with van der Waals surface area (Å²) in [6.45, 7) is 4.82. The van der Waals surface area contributed by atoms with Crippen molar-refractivity contribution < 1.29 is 9.53 Å². The molecule has 1 saturated heterocycles. The summed E-state index contributed by atoms with van der Waals surface area (Å²) in [6.07, 6.45) is 3.05. The molecule has 0 saturated carbocycles. The minimum Gasteiger partial charge on any atom is -0.368 e. The SMILES string of the molecule is Cc1cccc(Nc2ccc(NC(=O)C3CCCO3)cn2)c1C.